The molecule has 0 unspecified atom stereocenters. The molecule has 4 nitrogen and oxygen atoms in total. The van der Waals surface area contributed by atoms with Crippen molar-refractivity contribution in [2.75, 3.05) is 0 Å². The quantitative estimate of drug-likeness (QED) is 0.714. The SMILES string of the molecule is CC(C)(C)S(=O)(=O)c1cnc[nH]1. The third kappa shape index (κ3) is 1.36. The first-order valence-electron chi connectivity index (χ1n) is 3.59. The minimum absolute atomic E-state index is 0.176. The lowest BCUT2D eigenvalue weighted by molar-refractivity contribution is 0.557. The van der Waals surface area contributed by atoms with Gasteiger partial charge in [-0.05, 0) is 20.8 Å². The summed E-state index contributed by atoms with van der Waals surface area (Å²) in [7, 11) is -3.25. The fourth-order valence-corrected chi connectivity index (χ4v) is 1.79. The molecular weight excluding hydrogens is 176 g/mol. The van der Waals surface area contributed by atoms with E-state index in [2.05, 4.69) is 9.97 Å². The summed E-state index contributed by atoms with van der Waals surface area (Å²) in [5.74, 6) is 0. The van der Waals surface area contributed by atoms with Gasteiger partial charge in [-0.25, -0.2) is 13.4 Å². The zero-order valence-electron chi connectivity index (χ0n) is 7.33. The van der Waals surface area contributed by atoms with Gasteiger partial charge in [-0.3, -0.25) is 0 Å². The lowest BCUT2D eigenvalue weighted by Gasteiger charge is -2.17. The number of rotatable bonds is 1. The maximum absolute atomic E-state index is 11.6. The number of imidazole rings is 1. The van der Waals surface area contributed by atoms with Gasteiger partial charge in [0.1, 0.15) is 0 Å². The highest BCUT2D eigenvalue weighted by molar-refractivity contribution is 7.92. The zero-order valence-corrected chi connectivity index (χ0v) is 8.14. The zero-order chi connectivity index (χ0) is 9.41. The van der Waals surface area contributed by atoms with Gasteiger partial charge in [-0.15, -0.1) is 0 Å². The number of hydrogen-bond donors (Lipinski definition) is 1. The molecule has 1 rings (SSSR count). The van der Waals surface area contributed by atoms with E-state index in [4.69, 9.17) is 0 Å². The number of sulfone groups is 1. The van der Waals surface area contributed by atoms with E-state index in [1.807, 2.05) is 0 Å². The van der Waals surface area contributed by atoms with E-state index >= 15 is 0 Å². The lowest BCUT2D eigenvalue weighted by atomic mass is 10.3. The van der Waals surface area contributed by atoms with E-state index in [-0.39, 0.29) is 5.03 Å². The fourth-order valence-electron chi connectivity index (χ4n) is 0.720. The maximum Gasteiger partial charge on any atom is 0.200 e. The van der Waals surface area contributed by atoms with Crippen LogP contribution in [0.25, 0.3) is 0 Å². The molecule has 0 bridgehead atoms. The topological polar surface area (TPSA) is 62.8 Å². The summed E-state index contributed by atoms with van der Waals surface area (Å²) < 4.78 is 22.5. The van der Waals surface area contributed by atoms with Crippen molar-refractivity contribution in [2.24, 2.45) is 0 Å². The first-order chi connectivity index (χ1) is 5.36. The molecule has 0 saturated carbocycles. The van der Waals surface area contributed by atoms with E-state index in [9.17, 15) is 8.42 Å². The number of aromatic nitrogens is 2. The van der Waals surface area contributed by atoms with Gasteiger partial charge in [-0.2, -0.15) is 0 Å². The van der Waals surface area contributed by atoms with Crippen LogP contribution in [-0.4, -0.2) is 23.1 Å². The molecule has 12 heavy (non-hydrogen) atoms. The van der Waals surface area contributed by atoms with Gasteiger partial charge in [0.2, 0.25) is 0 Å². The standard InChI is InChI=1S/C7H12N2O2S/c1-7(2,3)12(10,11)6-4-8-5-9-6/h4-5H,1-3H3,(H,8,9). The number of H-pyrrole nitrogens is 1. The average molecular weight is 188 g/mol. The Hall–Kier alpha value is -0.840. The second-order valence-corrected chi connectivity index (χ2v) is 6.20. The van der Waals surface area contributed by atoms with Crippen LogP contribution in [-0.2, 0) is 9.84 Å². The molecular formula is C7H12N2O2S. The van der Waals surface area contributed by atoms with Crippen LogP contribution in [0.2, 0.25) is 0 Å². The van der Waals surface area contributed by atoms with Crippen molar-refractivity contribution in [1.29, 1.82) is 0 Å². The van der Waals surface area contributed by atoms with Gasteiger partial charge >= 0.3 is 0 Å². The van der Waals surface area contributed by atoms with Crippen LogP contribution < -0.4 is 0 Å². The molecule has 0 atom stereocenters. The average Bonchev–Trinajstić information content (AvgIpc) is 2.34. The predicted molar refractivity (Wildman–Crippen MR) is 45.5 cm³/mol. The van der Waals surface area contributed by atoms with Crippen molar-refractivity contribution in [3.63, 3.8) is 0 Å². The van der Waals surface area contributed by atoms with Crippen LogP contribution in [0.1, 0.15) is 20.8 Å². The van der Waals surface area contributed by atoms with Crippen molar-refractivity contribution in [3.8, 4) is 0 Å². The number of nitrogens with one attached hydrogen (secondary N) is 1. The third-order valence-electron chi connectivity index (χ3n) is 1.57. The fraction of sp³-hybridized carbons (Fsp3) is 0.571. The highest BCUT2D eigenvalue weighted by atomic mass is 32.2. The molecule has 1 N–H and O–H groups in total. The number of aromatic amines is 1. The van der Waals surface area contributed by atoms with Gasteiger partial charge in [0.25, 0.3) is 0 Å². The Labute approximate surface area is 71.9 Å². The summed E-state index contributed by atoms with van der Waals surface area (Å²) in [6.45, 7) is 4.97. The van der Waals surface area contributed by atoms with Gasteiger partial charge in [0, 0.05) is 0 Å². The Kier molecular flexibility index (Phi) is 1.99. The highest BCUT2D eigenvalue weighted by Gasteiger charge is 2.31. The minimum atomic E-state index is -3.25. The largest absolute Gasteiger partial charge is 0.336 e. The highest BCUT2D eigenvalue weighted by Crippen LogP contribution is 2.21. The Bertz CT molecular complexity index is 345. The van der Waals surface area contributed by atoms with Gasteiger partial charge in [0.05, 0.1) is 17.3 Å². The van der Waals surface area contributed by atoms with E-state index < -0.39 is 14.6 Å². The van der Waals surface area contributed by atoms with Gasteiger partial charge < -0.3 is 4.98 Å². The molecule has 0 aromatic carbocycles. The molecule has 0 aliphatic heterocycles. The van der Waals surface area contributed by atoms with E-state index in [0.29, 0.717) is 0 Å². The van der Waals surface area contributed by atoms with Crippen LogP contribution >= 0.6 is 0 Å². The monoisotopic (exact) mass is 188 g/mol. The smallest absolute Gasteiger partial charge is 0.200 e. The van der Waals surface area contributed by atoms with Crippen LogP contribution in [0, 0.1) is 0 Å². The molecule has 0 amide bonds. The second kappa shape index (κ2) is 2.58. The van der Waals surface area contributed by atoms with Crippen LogP contribution in [0.15, 0.2) is 17.6 Å². The minimum Gasteiger partial charge on any atom is -0.336 e. The molecule has 0 fully saturated rings. The molecule has 0 radical (unpaired) electrons. The first-order valence-corrected chi connectivity index (χ1v) is 5.07. The molecule has 0 spiro atoms. The normalized spacial score (nSPS) is 13.2. The van der Waals surface area contributed by atoms with Gasteiger partial charge in [-0.1, -0.05) is 0 Å². The van der Waals surface area contributed by atoms with E-state index in [1.54, 1.807) is 20.8 Å². The summed E-state index contributed by atoms with van der Waals surface area (Å²) in [6.07, 6.45) is 2.68. The van der Waals surface area contributed by atoms with Crippen molar-refractivity contribution in [2.45, 2.75) is 30.5 Å². The third-order valence-corrected chi connectivity index (χ3v) is 3.98. The predicted octanol–water partition coefficient (Wildman–Crippen LogP) is 0.982. The van der Waals surface area contributed by atoms with Crippen molar-refractivity contribution in [3.05, 3.63) is 12.5 Å². The molecule has 1 heterocycles. The molecule has 68 valence electrons. The summed E-state index contributed by atoms with van der Waals surface area (Å²) in [5.41, 5.74) is 0. The maximum atomic E-state index is 11.6. The Morgan fingerprint density at radius 3 is 2.33 bits per heavy atom. The van der Waals surface area contributed by atoms with Crippen molar-refractivity contribution >= 4 is 9.84 Å². The summed E-state index contributed by atoms with van der Waals surface area (Å²) >= 11 is 0. The molecule has 1 aromatic rings. The Morgan fingerprint density at radius 2 is 2.00 bits per heavy atom. The van der Waals surface area contributed by atoms with Crippen LogP contribution in [0.5, 0.6) is 0 Å². The molecule has 1 aromatic heterocycles. The Morgan fingerprint density at radius 1 is 1.42 bits per heavy atom. The van der Waals surface area contributed by atoms with Crippen LogP contribution in [0.3, 0.4) is 0 Å². The molecule has 0 aliphatic rings. The van der Waals surface area contributed by atoms with Crippen molar-refractivity contribution < 1.29 is 8.42 Å². The number of hydrogen-bond acceptors (Lipinski definition) is 3. The molecule has 0 saturated heterocycles. The summed E-state index contributed by atoms with van der Waals surface area (Å²) in [5, 5.41) is 0.176. The van der Waals surface area contributed by atoms with E-state index in [1.165, 1.54) is 12.5 Å². The molecule has 0 aliphatic carbocycles. The summed E-state index contributed by atoms with van der Waals surface area (Å²) in [4.78, 5) is 6.25. The Balaban J connectivity index is 3.22. The van der Waals surface area contributed by atoms with E-state index in [0.717, 1.165) is 0 Å². The van der Waals surface area contributed by atoms with Gasteiger partial charge in [0.15, 0.2) is 14.9 Å². The van der Waals surface area contributed by atoms with Crippen molar-refractivity contribution in [1.82, 2.24) is 9.97 Å². The lowest BCUT2D eigenvalue weighted by Crippen LogP contribution is -2.28. The van der Waals surface area contributed by atoms with Crippen LogP contribution in [0.4, 0.5) is 0 Å². The number of nitrogens with zero attached hydrogens (tertiary/aromatic N) is 1. The molecule has 5 heteroatoms. The first kappa shape index (κ1) is 9.25. The summed E-state index contributed by atoms with van der Waals surface area (Å²) in [6, 6.07) is 0. The second-order valence-electron chi connectivity index (χ2n) is 3.53.